The molecule has 0 saturated carbocycles. The maximum atomic E-state index is 14.0. The van der Waals surface area contributed by atoms with Crippen LogP contribution in [0.1, 0.15) is 16.7 Å². The van der Waals surface area contributed by atoms with Crippen molar-refractivity contribution in [2.75, 3.05) is 5.75 Å². The van der Waals surface area contributed by atoms with E-state index in [0.717, 1.165) is 17.0 Å². The number of nitrogens with two attached hydrogens (primary N) is 1. The summed E-state index contributed by atoms with van der Waals surface area (Å²) in [7, 11) is 0. The highest BCUT2D eigenvalue weighted by atomic mass is 35.5. The Kier molecular flexibility index (Phi) is 5.88. The van der Waals surface area contributed by atoms with Crippen molar-refractivity contribution in [3.05, 3.63) is 65.0 Å². The van der Waals surface area contributed by atoms with Gasteiger partial charge in [0.15, 0.2) is 5.11 Å². The van der Waals surface area contributed by atoms with Crippen LogP contribution in [0.2, 0.25) is 0 Å². The summed E-state index contributed by atoms with van der Waals surface area (Å²) in [5.41, 5.74) is 7.87. The van der Waals surface area contributed by atoms with Crippen molar-refractivity contribution in [1.82, 2.24) is 5.43 Å². The minimum atomic E-state index is -4.47. The Balaban J connectivity index is 2.11. The number of nitrogens with one attached hydrogen (secondary N) is 1. The quantitative estimate of drug-likeness (QED) is 0.232. The molecule has 0 aliphatic carbocycles. The lowest BCUT2D eigenvalue weighted by Crippen LogP contribution is -2.38. The van der Waals surface area contributed by atoms with E-state index in [1.807, 2.05) is 0 Å². The Labute approximate surface area is 173 Å². The Morgan fingerprint density at radius 3 is 2.57 bits per heavy atom. The Morgan fingerprint density at radius 1 is 1.29 bits per heavy atom. The fourth-order valence-corrected chi connectivity index (χ4v) is 4.87. The van der Waals surface area contributed by atoms with E-state index < -0.39 is 28.3 Å². The van der Waals surface area contributed by atoms with Crippen LogP contribution in [0.3, 0.4) is 0 Å². The number of thioether (sulfide) groups is 1. The molecule has 0 spiro atoms. The first-order valence-corrected chi connectivity index (χ1v) is 9.77. The monoisotopic (exact) mass is 447 g/mol. The molecule has 1 heterocycles. The summed E-state index contributed by atoms with van der Waals surface area (Å²) in [6.45, 7) is 0. The Bertz CT molecular complexity index is 918. The summed E-state index contributed by atoms with van der Waals surface area (Å²) < 4.78 is 52.7. The zero-order valence-electron chi connectivity index (χ0n) is 14.1. The molecular formula is C18H14ClF4N3S2. The number of halogens is 5. The van der Waals surface area contributed by atoms with Gasteiger partial charge in [0.2, 0.25) is 0 Å². The second kappa shape index (κ2) is 7.88. The average molecular weight is 448 g/mol. The lowest BCUT2D eigenvalue weighted by Gasteiger charge is -2.39. The van der Waals surface area contributed by atoms with Gasteiger partial charge in [-0.2, -0.15) is 18.3 Å². The van der Waals surface area contributed by atoms with Gasteiger partial charge >= 0.3 is 6.18 Å². The Morgan fingerprint density at radius 2 is 1.96 bits per heavy atom. The molecule has 148 valence electrons. The van der Waals surface area contributed by atoms with Crippen LogP contribution in [0.5, 0.6) is 0 Å². The standard InChI is InChI=1S/C18H14ClF4N3S2/c19-17(10-1-3-11(4-2-10)18(21,22)23)12(8-25-26-16(24)27)9-28-15-6-5-13(20)7-14(15)17/h1-8,12H,9H2,(H3,24,26,27). The summed E-state index contributed by atoms with van der Waals surface area (Å²) >= 11 is 13.2. The molecule has 3 rings (SSSR count). The summed E-state index contributed by atoms with van der Waals surface area (Å²) in [4.78, 5) is -0.558. The van der Waals surface area contributed by atoms with E-state index in [4.69, 9.17) is 29.6 Å². The molecule has 2 aromatic rings. The third-order valence-electron chi connectivity index (χ3n) is 4.32. The molecule has 0 radical (unpaired) electrons. The minimum Gasteiger partial charge on any atom is -0.375 e. The smallest absolute Gasteiger partial charge is 0.375 e. The highest BCUT2D eigenvalue weighted by Gasteiger charge is 2.45. The van der Waals surface area contributed by atoms with Crippen LogP contribution in [0.4, 0.5) is 17.6 Å². The van der Waals surface area contributed by atoms with Gasteiger partial charge in [-0.05, 0) is 53.7 Å². The number of hydrazone groups is 1. The first-order valence-electron chi connectivity index (χ1n) is 8.00. The fourth-order valence-electron chi connectivity index (χ4n) is 3.01. The molecule has 0 aromatic heterocycles. The highest BCUT2D eigenvalue weighted by Crippen LogP contribution is 2.52. The zero-order valence-corrected chi connectivity index (χ0v) is 16.5. The molecular weight excluding hydrogens is 434 g/mol. The van der Waals surface area contributed by atoms with E-state index in [1.165, 1.54) is 42.2 Å². The molecule has 28 heavy (non-hydrogen) atoms. The molecule has 0 saturated heterocycles. The second-order valence-electron chi connectivity index (χ2n) is 6.10. The number of hydrogen-bond acceptors (Lipinski definition) is 3. The van der Waals surface area contributed by atoms with E-state index in [0.29, 0.717) is 16.9 Å². The van der Waals surface area contributed by atoms with Crippen molar-refractivity contribution in [3.63, 3.8) is 0 Å². The number of hydrogen-bond donors (Lipinski definition) is 2. The van der Waals surface area contributed by atoms with Crippen molar-refractivity contribution < 1.29 is 17.6 Å². The maximum absolute atomic E-state index is 14.0. The largest absolute Gasteiger partial charge is 0.416 e. The van der Waals surface area contributed by atoms with Gasteiger partial charge in [-0.25, -0.2) is 4.39 Å². The average Bonchev–Trinajstić information content (AvgIpc) is 2.63. The van der Waals surface area contributed by atoms with Crippen LogP contribution in [0.25, 0.3) is 0 Å². The van der Waals surface area contributed by atoms with Gasteiger partial charge in [-0.1, -0.05) is 12.1 Å². The van der Waals surface area contributed by atoms with Gasteiger partial charge in [-0.15, -0.1) is 23.4 Å². The molecule has 3 N–H and O–H groups in total. The minimum absolute atomic E-state index is 0.0409. The summed E-state index contributed by atoms with van der Waals surface area (Å²) in [5.74, 6) is -0.478. The van der Waals surface area contributed by atoms with Crippen LogP contribution in [0.15, 0.2) is 52.5 Å². The number of benzene rings is 2. The SMILES string of the molecule is NC(=S)NN=CC1CSc2ccc(F)cc2C1(Cl)c1ccc(C(F)(F)F)cc1. The van der Waals surface area contributed by atoms with Crippen LogP contribution in [-0.2, 0) is 11.1 Å². The first-order chi connectivity index (χ1) is 13.1. The molecule has 0 bridgehead atoms. The van der Waals surface area contributed by atoms with E-state index >= 15 is 0 Å². The fraction of sp³-hybridized carbons (Fsp3) is 0.222. The molecule has 3 nitrogen and oxygen atoms in total. The molecule has 10 heteroatoms. The second-order valence-corrected chi connectivity index (χ2v) is 8.20. The Hall–Kier alpha value is -1.84. The number of alkyl halides is 4. The summed E-state index contributed by atoms with van der Waals surface area (Å²) in [6.07, 6.45) is -2.98. The van der Waals surface area contributed by atoms with Gasteiger partial charge in [0.05, 0.1) is 5.56 Å². The lowest BCUT2D eigenvalue weighted by atomic mass is 9.80. The number of thiocarbonyl (C=S) groups is 1. The third kappa shape index (κ3) is 4.11. The normalized spacial score (nSPS) is 22.1. The molecule has 2 atom stereocenters. The van der Waals surface area contributed by atoms with E-state index in [-0.39, 0.29) is 5.11 Å². The van der Waals surface area contributed by atoms with E-state index in [2.05, 4.69) is 10.5 Å². The summed E-state index contributed by atoms with van der Waals surface area (Å²) in [6, 6.07) is 8.76. The molecule has 0 fully saturated rings. The predicted octanol–water partition coefficient (Wildman–Crippen LogP) is 4.87. The topological polar surface area (TPSA) is 50.4 Å². The predicted molar refractivity (Wildman–Crippen MR) is 107 cm³/mol. The van der Waals surface area contributed by atoms with Crippen LogP contribution in [0, 0.1) is 11.7 Å². The van der Waals surface area contributed by atoms with Crippen molar-refractivity contribution in [2.45, 2.75) is 15.9 Å². The number of rotatable bonds is 3. The first kappa shape index (κ1) is 20.9. The number of nitrogens with zero attached hydrogens (tertiary/aromatic N) is 1. The van der Waals surface area contributed by atoms with Crippen LogP contribution >= 0.6 is 35.6 Å². The molecule has 0 amide bonds. The van der Waals surface area contributed by atoms with Gasteiger partial charge in [0.25, 0.3) is 0 Å². The van der Waals surface area contributed by atoms with Crippen molar-refractivity contribution in [3.8, 4) is 0 Å². The van der Waals surface area contributed by atoms with Crippen molar-refractivity contribution in [1.29, 1.82) is 0 Å². The summed E-state index contributed by atoms with van der Waals surface area (Å²) in [5, 5.41) is 3.91. The van der Waals surface area contributed by atoms with E-state index in [9.17, 15) is 17.6 Å². The van der Waals surface area contributed by atoms with Crippen LogP contribution in [-0.4, -0.2) is 17.1 Å². The highest BCUT2D eigenvalue weighted by molar-refractivity contribution is 7.99. The van der Waals surface area contributed by atoms with Gasteiger partial charge in [-0.3, -0.25) is 5.43 Å². The molecule has 2 unspecified atom stereocenters. The number of fused-ring (bicyclic) bond motifs is 1. The van der Waals surface area contributed by atoms with Gasteiger partial charge < -0.3 is 5.73 Å². The van der Waals surface area contributed by atoms with Gasteiger partial charge in [0, 0.05) is 22.8 Å². The maximum Gasteiger partial charge on any atom is 0.416 e. The molecule has 1 aliphatic rings. The van der Waals surface area contributed by atoms with E-state index in [1.54, 1.807) is 6.07 Å². The zero-order chi connectivity index (χ0) is 20.5. The third-order valence-corrected chi connectivity index (χ3v) is 6.31. The molecule has 1 aliphatic heterocycles. The molecule has 2 aromatic carbocycles. The van der Waals surface area contributed by atoms with Crippen molar-refractivity contribution in [2.24, 2.45) is 16.8 Å². The van der Waals surface area contributed by atoms with Crippen molar-refractivity contribution >= 4 is 46.9 Å². The lowest BCUT2D eigenvalue weighted by molar-refractivity contribution is -0.137. The van der Waals surface area contributed by atoms with Gasteiger partial charge in [0.1, 0.15) is 10.7 Å². The van der Waals surface area contributed by atoms with Crippen LogP contribution < -0.4 is 11.2 Å².